The number of rotatable bonds is 4. The van der Waals surface area contributed by atoms with E-state index >= 15 is 0 Å². The van der Waals surface area contributed by atoms with Crippen molar-refractivity contribution in [2.45, 2.75) is 62.3 Å². The van der Waals surface area contributed by atoms with E-state index in [9.17, 15) is 13.2 Å². The first-order valence-corrected chi connectivity index (χ1v) is 10.4. The van der Waals surface area contributed by atoms with Gasteiger partial charge in [0.2, 0.25) is 15.9 Å². The maximum absolute atomic E-state index is 12.4. The smallest absolute Gasteiger partial charge is 0.248 e. The van der Waals surface area contributed by atoms with Gasteiger partial charge in [-0.1, -0.05) is 0 Å². The van der Waals surface area contributed by atoms with Crippen molar-refractivity contribution in [1.29, 1.82) is 0 Å². The van der Waals surface area contributed by atoms with Crippen LogP contribution in [0.25, 0.3) is 0 Å². The summed E-state index contributed by atoms with van der Waals surface area (Å²) in [6.45, 7) is 4.11. The first-order valence-electron chi connectivity index (χ1n) is 8.85. The van der Waals surface area contributed by atoms with Crippen LogP contribution in [0.4, 0.5) is 0 Å². The molecule has 6 nitrogen and oxygen atoms in total. The Hall–Kier alpha value is -0.660. The maximum Gasteiger partial charge on any atom is 0.248 e. The van der Waals surface area contributed by atoms with E-state index in [-0.39, 0.29) is 29.4 Å². The highest BCUT2D eigenvalue weighted by atomic mass is 32.2. The van der Waals surface area contributed by atoms with Crippen LogP contribution in [0.1, 0.15) is 45.4 Å². The molecular formula is C16H26N2O4S. The van der Waals surface area contributed by atoms with Gasteiger partial charge < -0.3 is 9.64 Å². The number of piperidine rings is 1. The van der Waals surface area contributed by atoms with Crippen LogP contribution in [0.2, 0.25) is 0 Å². The van der Waals surface area contributed by atoms with Gasteiger partial charge in [0, 0.05) is 19.6 Å². The van der Waals surface area contributed by atoms with E-state index < -0.39 is 10.0 Å². The van der Waals surface area contributed by atoms with Gasteiger partial charge in [-0.15, -0.1) is 0 Å². The minimum Gasteiger partial charge on any atom is -0.363 e. The maximum atomic E-state index is 12.4. The molecule has 4 fully saturated rings. The molecule has 0 aromatic rings. The summed E-state index contributed by atoms with van der Waals surface area (Å²) in [4.78, 5) is 14.2. The zero-order valence-corrected chi connectivity index (χ0v) is 14.6. The molecule has 4 aliphatic rings. The number of nitrogens with zero attached hydrogens (tertiary/aromatic N) is 2. The summed E-state index contributed by atoms with van der Waals surface area (Å²) in [5, 5.41) is -0.144. The summed E-state index contributed by atoms with van der Waals surface area (Å²) in [6, 6.07) is 0.0372. The molecule has 2 aliphatic carbocycles. The molecule has 0 bridgehead atoms. The number of carbonyl (C=O) groups is 1. The summed E-state index contributed by atoms with van der Waals surface area (Å²) in [5.41, 5.74) is -0.363. The van der Waals surface area contributed by atoms with Crippen LogP contribution in [0.15, 0.2) is 0 Å². The highest BCUT2D eigenvalue weighted by Gasteiger charge is 2.51. The second-order valence-electron chi connectivity index (χ2n) is 7.66. The molecule has 130 valence electrons. The third-order valence-corrected chi connectivity index (χ3v) is 8.46. The van der Waals surface area contributed by atoms with Crippen LogP contribution in [-0.4, -0.2) is 66.7 Å². The zero-order valence-electron chi connectivity index (χ0n) is 13.7. The molecule has 0 radical (unpaired) electrons. The molecule has 0 aromatic heterocycles. The van der Waals surface area contributed by atoms with Crippen LogP contribution in [-0.2, 0) is 19.6 Å². The molecule has 2 saturated carbocycles. The summed E-state index contributed by atoms with van der Waals surface area (Å²) >= 11 is 0. The predicted molar refractivity (Wildman–Crippen MR) is 85.3 cm³/mol. The van der Waals surface area contributed by atoms with Gasteiger partial charge in [-0.3, -0.25) is 4.79 Å². The molecule has 0 N–H and O–H groups in total. The second-order valence-corrected chi connectivity index (χ2v) is 9.88. The normalized spacial score (nSPS) is 32.5. The van der Waals surface area contributed by atoms with Crippen LogP contribution in [0, 0.1) is 5.92 Å². The van der Waals surface area contributed by atoms with Crippen molar-refractivity contribution in [1.82, 2.24) is 9.21 Å². The standard InChI is InChI=1S/C16H26N2O4S/c1-12-16(22-11-15(19)18(12)10-13-2-3-13)6-8-17(9-7-16)23(20,21)14-4-5-14/h12-14H,2-11H2,1H3. The van der Waals surface area contributed by atoms with Crippen LogP contribution >= 0.6 is 0 Å². The van der Waals surface area contributed by atoms with Gasteiger partial charge in [-0.05, 0) is 51.4 Å². The molecule has 2 aliphatic heterocycles. The largest absolute Gasteiger partial charge is 0.363 e. The Kier molecular flexibility index (Phi) is 3.74. The third kappa shape index (κ3) is 2.81. The SMILES string of the molecule is CC1N(CC2CC2)C(=O)COC12CCN(S(=O)(=O)C1CC1)CC2. The number of hydrogen-bond donors (Lipinski definition) is 0. The quantitative estimate of drug-likeness (QED) is 0.763. The number of sulfonamides is 1. The fourth-order valence-electron chi connectivity index (χ4n) is 4.01. The second kappa shape index (κ2) is 5.43. The van der Waals surface area contributed by atoms with Crippen LogP contribution < -0.4 is 0 Å². The van der Waals surface area contributed by atoms with Crippen molar-refractivity contribution in [3.05, 3.63) is 0 Å². The Balaban J connectivity index is 1.45. The number of hydrogen-bond acceptors (Lipinski definition) is 4. The van der Waals surface area contributed by atoms with E-state index in [1.54, 1.807) is 4.31 Å². The highest BCUT2D eigenvalue weighted by Crippen LogP contribution is 2.40. The van der Waals surface area contributed by atoms with E-state index in [0.717, 1.165) is 19.4 Å². The van der Waals surface area contributed by atoms with E-state index in [0.29, 0.717) is 31.8 Å². The molecule has 7 heteroatoms. The summed E-state index contributed by atoms with van der Waals surface area (Å²) < 4.78 is 32.4. The van der Waals surface area contributed by atoms with Gasteiger partial charge in [-0.2, -0.15) is 0 Å². The van der Waals surface area contributed by atoms with E-state index in [1.165, 1.54) is 12.8 Å². The summed E-state index contributed by atoms with van der Waals surface area (Å²) in [7, 11) is -3.10. The Labute approximate surface area is 138 Å². The molecule has 2 heterocycles. The monoisotopic (exact) mass is 342 g/mol. The fraction of sp³-hybridized carbons (Fsp3) is 0.938. The molecule has 1 spiro atoms. The minimum absolute atomic E-state index is 0.0372. The predicted octanol–water partition coefficient (Wildman–Crippen LogP) is 0.971. The Bertz CT molecular complexity index is 589. The lowest BCUT2D eigenvalue weighted by Crippen LogP contribution is -2.64. The fourth-order valence-corrected chi connectivity index (χ4v) is 5.85. The average molecular weight is 342 g/mol. The number of morpholine rings is 1. The molecular weight excluding hydrogens is 316 g/mol. The Morgan fingerprint density at radius 2 is 1.83 bits per heavy atom. The lowest BCUT2D eigenvalue weighted by atomic mass is 9.83. The molecule has 1 atom stereocenters. The van der Waals surface area contributed by atoms with E-state index in [4.69, 9.17) is 4.74 Å². The molecule has 1 unspecified atom stereocenters. The minimum atomic E-state index is -3.10. The van der Waals surface area contributed by atoms with Gasteiger partial charge in [0.15, 0.2) is 0 Å². The Morgan fingerprint density at radius 3 is 2.39 bits per heavy atom. The van der Waals surface area contributed by atoms with Crippen LogP contribution in [0.5, 0.6) is 0 Å². The van der Waals surface area contributed by atoms with Gasteiger partial charge in [0.1, 0.15) is 6.61 Å². The van der Waals surface area contributed by atoms with Crippen LogP contribution in [0.3, 0.4) is 0 Å². The lowest BCUT2D eigenvalue weighted by Gasteiger charge is -2.51. The first kappa shape index (κ1) is 15.8. The van der Waals surface area contributed by atoms with Gasteiger partial charge in [0.05, 0.1) is 16.9 Å². The van der Waals surface area contributed by atoms with E-state index in [1.807, 2.05) is 4.90 Å². The first-order chi connectivity index (χ1) is 10.9. The van der Waals surface area contributed by atoms with Gasteiger partial charge in [0.25, 0.3) is 0 Å². The topological polar surface area (TPSA) is 66.9 Å². The van der Waals surface area contributed by atoms with Crippen molar-refractivity contribution in [3.63, 3.8) is 0 Å². The molecule has 1 amide bonds. The summed E-state index contributed by atoms with van der Waals surface area (Å²) in [5.74, 6) is 0.745. The van der Waals surface area contributed by atoms with E-state index in [2.05, 4.69) is 6.92 Å². The molecule has 23 heavy (non-hydrogen) atoms. The Morgan fingerprint density at radius 1 is 1.17 bits per heavy atom. The molecule has 0 aromatic carbocycles. The van der Waals surface area contributed by atoms with Crippen molar-refractivity contribution in [2.75, 3.05) is 26.2 Å². The third-order valence-electron chi connectivity index (χ3n) is 6.06. The molecule has 4 rings (SSSR count). The highest BCUT2D eigenvalue weighted by molar-refractivity contribution is 7.90. The van der Waals surface area contributed by atoms with Crippen molar-refractivity contribution in [3.8, 4) is 0 Å². The van der Waals surface area contributed by atoms with Gasteiger partial charge in [-0.25, -0.2) is 12.7 Å². The van der Waals surface area contributed by atoms with Crippen molar-refractivity contribution < 1.29 is 17.9 Å². The lowest BCUT2D eigenvalue weighted by molar-refractivity contribution is -0.184. The van der Waals surface area contributed by atoms with Crippen molar-refractivity contribution in [2.24, 2.45) is 5.92 Å². The number of carbonyl (C=O) groups excluding carboxylic acids is 1. The zero-order chi connectivity index (χ0) is 16.2. The average Bonchev–Trinajstić information content (AvgIpc) is 3.40. The number of amides is 1. The summed E-state index contributed by atoms with van der Waals surface area (Å²) in [6.07, 6.45) is 5.43. The van der Waals surface area contributed by atoms with Gasteiger partial charge >= 0.3 is 0 Å². The van der Waals surface area contributed by atoms with Crippen molar-refractivity contribution >= 4 is 15.9 Å². The number of ether oxygens (including phenoxy) is 1. The molecule has 2 saturated heterocycles.